The van der Waals surface area contributed by atoms with Gasteiger partial charge in [-0.15, -0.1) is 0 Å². The first-order valence-electron chi connectivity index (χ1n) is 38.6. The van der Waals surface area contributed by atoms with Gasteiger partial charge in [-0.3, -0.25) is 14.4 Å². The van der Waals surface area contributed by atoms with Gasteiger partial charge in [0.1, 0.15) is 33.6 Å². The molecule has 0 bridgehead atoms. The number of hydrogen-bond acceptors (Lipinski definition) is 15. The van der Waals surface area contributed by atoms with Crippen LogP contribution >= 0.6 is 0 Å². The molecule has 0 spiro atoms. The summed E-state index contributed by atoms with van der Waals surface area (Å²) in [6.07, 6.45) is 7.66. The number of carbonyl (C=O) groups is 9. The molecule has 4 rings (SSSR count). The number of carbonyl (C=O) groups excluding carboxylic acids is 9. The molecule has 0 aliphatic rings. The van der Waals surface area contributed by atoms with E-state index in [1.165, 1.54) is 0 Å². The molecule has 0 saturated heterocycles. The van der Waals surface area contributed by atoms with Crippen LogP contribution in [0.1, 0.15) is 264 Å². The predicted octanol–water partition coefficient (Wildman–Crippen LogP) is 14.5. The largest absolute Gasteiger partial charge is 0.444 e. The number of aryl methyl sites for hydroxylation is 9. The standard InChI is InChI=1S/C84H129N9O15/c1-79(2,3)103-73(97)88-46-19-28-58-37-40-64(34-25-49-91-76(100)106-82(10,11)12)67(55-58)70(94)85-43-22-31-61-52-62(32-23-44-86-71(95)68-56-59(29-20-47-89-74(98)104-80(4,5)6)38-41-65(68)35-26-50-92-77(101)107-83(13,14)15)54-63(53-61)33-24-45-87-72(96)69-57-60(30-21-48-90-75(99)105-81(7,8)9)39-42-66(69)36-27-51-93-78(102)108-84(16,17)18/h37-42,52-57H,19-36,43-51H2,1-18H3,(H,85,94)(H,86,95)(H,87,96)(H,88,97)(H,89,98)(H,90,99)(H,91,100)(H,92,101)(H,93,102). The van der Waals surface area contributed by atoms with E-state index in [-0.39, 0.29) is 17.7 Å². The number of ether oxygens (including phenoxy) is 6. The van der Waals surface area contributed by atoms with Crippen molar-refractivity contribution < 1.29 is 71.6 Å². The number of benzene rings is 4. The fourth-order valence-electron chi connectivity index (χ4n) is 11.4. The summed E-state index contributed by atoms with van der Waals surface area (Å²) in [6, 6.07) is 24.1. The molecule has 4 aromatic carbocycles. The van der Waals surface area contributed by atoms with Gasteiger partial charge in [0.15, 0.2) is 0 Å². The van der Waals surface area contributed by atoms with E-state index in [0.717, 1.165) is 50.1 Å². The molecule has 0 fully saturated rings. The Morgan fingerprint density at radius 3 is 0.574 bits per heavy atom. The van der Waals surface area contributed by atoms with Crippen LogP contribution in [0.3, 0.4) is 0 Å². The number of rotatable bonds is 39. The van der Waals surface area contributed by atoms with Gasteiger partial charge in [0.25, 0.3) is 17.7 Å². The minimum Gasteiger partial charge on any atom is -0.444 e. The second-order valence-electron chi connectivity index (χ2n) is 33.4. The van der Waals surface area contributed by atoms with Crippen molar-refractivity contribution in [1.82, 2.24) is 47.9 Å². The van der Waals surface area contributed by atoms with E-state index in [4.69, 9.17) is 28.4 Å². The smallest absolute Gasteiger partial charge is 0.407 e. The number of alkyl carbamates (subject to hydrolysis) is 6. The highest BCUT2D eigenvalue weighted by atomic mass is 16.6. The third-order valence-electron chi connectivity index (χ3n) is 16.0. The fourth-order valence-corrected chi connectivity index (χ4v) is 11.4. The zero-order valence-corrected chi connectivity index (χ0v) is 68.1. The fraction of sp³-hybridized carbons (Fsp3) is 0.607. The van der Waals surface area contributed by atoms with Crippen molar-refractivity contribution in [2.24, 2.45) is 0 Å². The van der Waals surface area contributed by atoms with E-state index in [0.29, 0.717) is 191 Å². The van der Waals surface area contributed by atoms with Crippen molar-refractivity contribution in [2.75, 3.05) is 58.9 Å². The lowest BCUT2D eigenvalue weighted by atomic mass is 9.96. The van der Waals surface area contributed by atoms with Gasteiger partial charge in [0.2, 0.25) is 0 Å². The average molecular weight is 1510 g/mol. The van der Waals surface area contributed by atoms with Crippen LogP contribution in [0.5, 0.6) is 0 Å². The molecule has 0 radical (unpaired) electrons. The molecule has 24 nitrogen and oxygen atoms in total. The van der Waals surface area contributed by atoms with Crippen molar-refractivity contribution in [2.45, 2.75) is 274 Å². The second-order valence-corrected chi connectivity index (χ2v) is 33.4. The first-order valence-corrected chi connectivity index (χ1v) is 38.6. The highest BCUT2D eigenvalue weighted by molar-refractivity contribution is 5.97. The highest BCUT2D eigenvalue weighted by Gasteiger charge is 2.23. The first-order chi connectivity index (χ1) is 50.5. The zero-order chi connectivity index (χ0) is 80.3. The van der Waals surface area contributed by atoms with E-state index >= 15 is 0 Å². The predicted molar refractivity (Wildman–Crippen MR) is 423 cm³/mol. The van der Waals surface area contributed by atoms with Crippen LogP contribution in [-0.4, -0.2) is 147 Å². The van der Waals surface area contributed by atoms with Crippen LogP contribution in [0.25, 0.3) is 0 Å². The van der Waals surface area contributed by atoms with Crippen LogP contribution in [-0.2, 0) is 86.2 Å². The highest BCUT2D eigenvalue weighted by Crippen LogP contribution is 2.23. The van der Waals surface area contributed by atoms with Gasteiger partial charge in [-0.25, -0.2) is 28.8 Å². The molecule has 0 atom stereocenters. The Morgan fingerprint density at radius 1 is 0.222 bits per heavy atom. The Balaban J connectivity index is 1.57. The van der Waals surface area contributed by atoms with Crippen molar-refractivity contribution >= 4 is 54.3 Å². The van der Waals surface area contributed by atoms with E-state index in [1.54, 1.807) is 62.3 Å². The van der Waals surface area contributed by atoms with Crippen LogP contribution in [0.2, 0.25) is 0 Å². The van der Waals surface area contributed by atoms with Gasteiger partial charge in [-0.05, 0) is 308 Å². The van der Waals surface area contributed by atoms with Crippen LogP contribution in [0, 0.1) is 0 Å². The molecule has 9 amide bonds. The molecule has 0 aliphatic carbocycles. The SMILES string of the molecule is CC(C)(C)OC(=O)NCCCc1ccc(CCCNC(=O)OC(C)(C)C)c(C(=O)NCCCc2cc(CCCNC(=O)c3cc(CCCNC(=O)OC(C)(C)C)ccc3CCCNC(=O)OC(C)(C)C)cc(CCCNC(=O)c3cc(CCCNC(=O)OC(C)(C)C)ccc3CCCNC(=O)OC(C)(C)C)c2)c1. The summed E-state index contributed by atoms with van der Waals surface area (Å²) in [6.45, 7) is 35.9. The van der Waals surface area contributed by atoms with E-state index < -0.39 is 70.2 Å². The Hall–Kier alpha value is -9.09. The van der Waals surface area contributed by atoms with Gasteiger partial charge in [0, 0.05) is 75.6 Å². The lowest BCUT2D eigenvalue weighted by Gasteiger charge is -2.20. The summed E-state index contributed by atoms with van der Waals surface area (Å²) in [5.74, 6) is -0.665. The average Bonchev–Trinajstić information content (AvgIpc) is 0.848. The van der Waals surface area contributed by atoms with E-state index in [2.05, 4.69) is 66.1 Å². The van der Waals surface area contributed by atoms with Crippen LogP contribution in [0.15, 0.2) is 72.8 Å². The van der Waals surface area contributed by atoms with Gasteiger partial charge >= 0.3 is 36.6 Å². The third-order valence-corrected chi connectivity index (χ3v) is 16.0. The third kappa shape index (κ3) is 41.3. The lowest BCUT2D eigenvalue weighted by molar-refractivity contribution is 0.0515. The van der Waals surface area contributed by atoms with E-state index in [9.17, 15) is 43.2 Å². The molecule has 108 heavy (non-hydrogen) atoms. The molecular formula is C84H129N9O15. The minimum atomic E-state index is -0.645. The summed E-state index contributed by atoms with van der Waals surface area (Å²) in [5, 5.41) is 26.4. The van der Waals surface area contributed by atoms with Gasteiger partial charge in [0.05, 0.1) is 0 Å². The Labute approximate surface area is 643 Å². The maximum Gasteiger partial charge on any atom is 0.407 e. The number of nitrogens with one attached hydrogen (secondary N) is 9. The molecule has 600 valence electrons. The summed E-state index contributed by atoms with van der Waals surface area (Å²) >= 11 is 0. The maximum atomic E-state index is 14.3. The minimum absolute atomic E-state index is 0.222. The topological polar surface area (TPSA) is 317 Å². The van der Waals surface area contributed by atoms with E-state index in [1.807, 2.05) is 117 Å². The van der Waals surface area contributed by atoms with Crippen molar-refractivity contribution in [3.8, 4) is 0 Å². The molecule has 9 N–H and O–H groups in total. The molecule has 0 aliphatic heterocycles. The van der Waals surface area contributed by atoms with Gasteiger partial charge in [-0.2, -0.15) is 0 Å². The summed E-state index contributed by atoms with van der Waals surface area (Å²) in [4.78, 5) is 117. The molecule has 0 saturated carbocycles. The summed E-state index contributed by atoms with van der Waals surface area (Å²) in [7, 11) is 0. The number of hydrogen-bond donors (Lipinski definition) is 9. The zero-order valence-electron chi connectivity index (χ0n) is 68.1. The Bertz CT molecular complexity index is 3190. The molecular weight excluding hydrogens is 1370 g/mol. The lowest BCUT2D eigenvalue weighted by Crippen LogP contribution is -2.33. The number of amides is 9. The summed E-state index contributed by atoms with van der Waals surface area (Å²) < 4.78 is 32.5. The Kier molecular flexibility index (Phi) is 37.5. The van der Waals surface area contributed by atoms with Crippen LogP contribution < -0.4 is 47.9 Å². The first kappa shape index (κ1) is 91.3. The van der Waals surface area contributed by atoms with Crippen molar-refractivity contribution in [1.29, 1.82) is 0 Å². The van der Waals surface area contributed by atoms with Crippen LogP contribution in [0.4, 0.5) is 28.8 Å². The maximum absolute atomic E-state index is 14.3. The quantitative estimate of drug-likeness (QED) is 0.0148. The summed E-state index contributed by atoms with van der Waals surface area (Å²) in [5.41, 5.74) is 6.30. The monoisotopic (exact) mass is 1500 g/mol. The molecule has 0 heterocycles. The van der Waals surface area contributed by atoms with Crippen molar-refractivity contribution in [3.63, 3.8) is 0 Å². The normalized spacial score (nSPS) is 11.8. The molecule has 24 heteroatoms. The van der Waals surface area contributed by atoms with Gasteiger partial charge < -0.3 is 76.3 Å². The Morgan fingerprint density at radius 2 is 0.389 bits per heavy atom. The molecule has 0 unspecified atom stereocenters. The van der Waals surface area contributed by atoms with Gasteiger partial charge in [-0.1, -0.05) is 54.6 Å². The molecule has 0 aromatic heterocycles. The second kappa shape index (κ2) is 44.4. The molecule has 4 aromatic rings. The van der Waals surface area contributed by atoms with Crippen molar-refractivity contribution in [3.05, 3.63) is 140 Å².